The highest BCUT2D eigenvalue weighted by atomic mass is 19.1. The van der Waals surface area contributed by atoms with E-state index < -0.39 is 18.0 Å². The van der Waals surface area contributed by atoms with Gasteiger partial charge in [-0.15, -0.1) is 0 Å². The van der Waals surface area contributed by atoms with Crippen molar-refractivity contribution in [2.24, 2.45) is 5.73 Å². The Bertz CT molecular complexity index is 593. The Kier molecular flexibility index (Phi) is 5.34. The lowest BCUT2D eigenvalue weighted by molar-refractivity contribution is -0.124. The fraction of sp³-hybridized carbons (Fsp3) is 0.357. The van der Waals surface area contributed by atoms with Crippen molar-refractivity contribution in [1.29, 1.82) is 0 Å². The number of primary amides is 1. The van der Waals surface area contributed by atoms with Gasteiger partial charge in [0.2, 0.25) is 5.91 Å². The summed E-state index contributed by atoms with van der Waals surface area (Å²) in [4.78, 5) is 36.2. The van der Waals surface area contributed by atoms with Crippen LogP contribution >= 0.6 is 0 Å². The topological polar surface area (TPSA) is 117 Å². The fourth-order valence-corrected chi connectivity index (χ4v) is 2.30. The molecule has 1 aromatic carbocycles. The molecule has 4 amide bonds. The fourth-order valence-electron chi connectivity index (χ4n) is 2.30. The molecule has 1 aliphatic rings. The maximum absolute atomic E-state index is 12.8. The second-order valence-corrected chi connectivity index (χ2v) is 5.10. The quantitative estimate of drug-likeness (QED) is 0.567. The van der Waals surface area contributed by atoms with E-state index in [0.717, 1.165) is 0 Å². The lowest BCUT2D eigenvalue weighted by atomic mass is 10.2. The van der Waals surface area contributed by atoms with Crippen LogP contribution in [0.25, 0.3) is 0 Å². The number of hydrogen-bond donors (Lipinski definition) is 4. The molecule has 23 heavy (non-hydrogen) atoms. The van der Waals surface area contributed by atoms with E-state index in [4.69, 9.17) is 5.73 Å². The van der Waals surface area contributed by atoms with E-state index >= 15 is 0 Å². The molecule has 1 saturated heterocycles. The number of carbonyl (C=O) groups excluding carboxylic acids is 3. The van der Waals surface area contributed by atoms with Gasteiger partial charge in [0.05, 0.1) is 12.2 Å². The zero-order valence-electron chi connectivity index (χ0n) is 12.3. The molecule has 0 saturated carbocycles. The van der Waals surface area contributed by atoms with E-state index in [9.17, 15) is 18.8 Å². The number of urea groups is 1. The van der Waals surface area contributed by atoms with E-state index in [1.165, 1.54) is 29.2 Å². The average Bonchev–Trinajstić information content (AvgIpc) is 3.01. The van der Waals surface area contributed by atoms with Gasteiger partial charge in [0.15, 0.2) is 0 Å². The smallest absolute Gasteiger partial charge is 0.318 e. The standard InChI is InChI=1S/C14H18FN5O3/c15-9-3-5-10(6-4-9)18-19-13(22)11-2-1-7-20(11)14(23)17-8-12(16)21/h3-6,11,18H,1-2,7-8H2,(H2,16,21)(H,17,23)(H,19,22). The highest BCUT2D eigenvalue weighted by Crippen LogP contribution is 2.17. The predicted molar refractivity (Wildman–Crippen MR) is 80.5 cm³/mol. The second kappa shape index (κ2) is 7.43. The highest BCUT2D eigenvalue weighted by molar-refractivity contribution is 5.89. The lowest BCUT2D eigenvalue weighted by Gasteiger charge is -2.24. The van der Waals surface area contributed by atoms with Gasteiger partial charge < -0.3 is 16.0 Å². The molecule has 0 spiro atoms. The van der Waals surface area contributed by atoms with Gasteiger partial charge in [-0.25, -0.2) is 9.18 Å². The number of amides is 4. The highest BCUT2D eigenvalue weighted by Gasteiger charge is 2.34. The maximum atomic E-state index is 12.8. The van der Waals surface area contributed by atoms with Crippen LogP contribution in [0.5, 0.6) is 0 Å². The van der Waals surface area contributed by atoms with Gasteiger partial charge in [-0.2, -0.15) is 0 Å². The SMILES string of the molecule is NC(=O)CNC(=O)N1CCCC1C(=O)NNc1ccc(F)cc1. The first-order valence-corrected chi connectivity index (χ1v) is 7.11. The second-order valence-electron chi connectivity index (χ2n) is 5.10. The Morgan fingerprint density at radius 1 is 1.26 bits per heavy atom. The number of likely N-dealkylation sites (tertiary alicyclic amines) is 1. The monoisotopic (exact) mass is 323 g/mol. The van der Waals surface area contributed by atoms with E-state index in [-0.39, 0.29) is 18.3 Å². The molecule has 1 aliphatic heterocycles. The normalized spacial score (nSPS) is 16.7. The van der Waals surface area contributed by atoms with Gasteiger partial charge in [-0.1, -0.05) is 0 Å². The third-order valence-electron chi connectivity index (χ3n) is 3.40. The molecule has 1 atom stereocenters. The van der Waals surface area contributed by atoms with Gasteiger partial charge in [0.1, 0.15) is 11.9 Å². The molecule has 5 N–H and O–H groups in total. The van der Waals surface area contributed by atoms with Crippen LogP contribution in [0.15, 0.2) is 24.3 Å². The summed E-state index contributed by atoms with van der Waals surface area (Å²) in [5.74, 6) is -1.42. The third-order valence-corrected chi connectivity index (χ3v) is 3.40. The van der Waals surface area contributed by atoms with E-state index in [2.05, 4.69) is 16.2 Å². The van der Waals surface area contributed by atoms with Crippen molar-refractivity contribution in [1.82, 2.24) is 15.6 Å². The molecule has 9 heteroatoms. The number of carbonyl (C=O) groups is 3. The first-order valence-electron chi connectivity index (χ1n) is 7.11. The molecule has 0 radical (unpaired) electrons. The van der Waals surface area contributed by atoms with Crippen LogP contribution in [0.3, 0.4) is 0 Å². The van der Waals surface area contributed by atoms with Crippen LogP contribution in [0.2, 0.25) is 0 Å². The molecular weight excluding hydrogens is 305 g/mol. The lowest BCUT2D eigenvalue weighted by Crippen LogP contribution is -2.51. The minimum atomic E-state index is -0.656. The first-order chi connectivity index (χ1) is 11.0. The number of benzene rings is 1. The maximum Gasteiger partial charge on any atom is 0.318 e. The molecule has 2 rings (SSSR count). The predicted octanol–water partition coefficient (Wildman–Crippen LogP) is -0.0719. The number of hydrazine groups is 1. The van der Waals surface area contributed by atoms with E-state index in [0.29, 0.717) is 25.1 Å². The zero-order chi connectivity index (χ0) is 16.8. The molecule has 1 aromatic rings. The summed E-state index contributed by atoms with van der Waals surface area (Å²) >= 11 is 0. The number of anilines is 1. The minimum Gasteiger partial charge on any atom is -0.368 e. The summed E-state index contributed by atoms with van der Waals surface area (Å²) in [7, 11) is 0. The third kappa shape index (κ3) is 4.56. The van der Waals surface area contributed by atoms with Gasteiger partial charge in [0.25, 0.3) is 5.91 Å². The number of nitrogens with two attached hydrogens (primary N) is 1. The van der Waals surface area contributed by atoms with Crippen molar-refractivity contribution >= 4 is 23.5 Å². The summed E-state index contributed by atoms with van der Waals surface area (Å²) in [6.45, 7) is 0.136. The molecule has 1 fully saturated rings. The molecule has 1 unspecified atom stereocenters. The van der Waals surface area contributed by atoms with Gasteiger partial charge in [0, 0.05) is 6.54 Å². The van der Waals surface area contributed by atoms with Gasteiger partial charge in [-0.05, 0) is 37.1 Å². The molecule has 124 valence electrons. The van der Waals surface area contributed by atoms with Crippen LogP contribution in [0.1, 0.15) is 12.8 Å². The molecule has 0 aliphatic carbocycles. The summed E-state index contributed by atoms with van der Waals surface area (Å²) in [6, 6.07) is 4.31. The number of rotatable bonds is 5. The number of nitrogens with zero attached hydrogens (tertiary/aromatic N) is 1. The zero-order valence-corrected chi connectivity index (χ0v) is 12.3. The van der Waals surface area contributed by atoms with E-state index in [1.807, 2.05) is 0 Å². The molecule has 0 bridgehead atoms. The Morgan fingerprint density at radius 3 is 2.61 bits per heavy atom. The van der Waals surface area contributed by atoms with Crippen molar-refractivity contribution in [2.45, 2.75) is 18.9 Å². The van der Waals surface area contributed by atoms with Crippen LogP contribution in [0.4, 0.5) is 14.9 Å². The average molecular weight is 323 g/mol. The Hall–Kier alpha value is -2.84. The van der Waals surface area contributed by atoms with Crippen LogP contribution < -0.4 is 21.9 Å². The summed E-state index contributed by atoms with van der Waals surface area (Å²) in [6.07, 6.45) is 1.19. The van der Waals surface area contributed by atoms with Gasteiger partial charge in [-0.3, -0.25) is 20.4 Å². The van der Waals surface area contributed by atoms with Crippen LogP contribution in [-0.2, 0) is 9.59 Å². The molecule has 8 nitrogen and oxygen atoms in total. The largest absolute Gasteiger partial charge is 0.368 e. The van der Waals surface area contributed by atoms with E-state index in [1.54, 1.807) is 0 Å². The van der Waals surface area contributed by atoms with Crippen molar-refractivity contribution in [2.75, 3.05) is 18.5 Å². The first kappa shape index (κ1) is 16.5. The molecule has 1 heterocycles. The van der Waals surface area contributed by atoms with Crippen molar-refractivity contribution in [3.8, 4) is 0 Å². The molecular formula is C14H18FN5O3. The number of nitrogens with one attached hydrogen (secondary N) is 3. The van der Waals surface area contributed by atoms with Crippen molar-refractivity contribution < 1.29 is 18.8 Å². The number of hydrogen-bond acceptors (Lipinski definition) is 4. The van der Waals surface area contributed by atoms with Crippen molar-refractivity contribution in [3.05, 3.63) is 30.1 Å². The summed E-state index contributed by atoms with van der Waals surface area (Å²) in [5.41, 5.74) is 10.6. The Morgan fingerprint density at radius 2 is 1.96 bits per heavy atom. The minimum absolute atomic E-state index is 0.280. The summed E-state index contributed by atoms with van der Waals surface area (Å²) < 4.78 is 12.8. The van der Waals surface area contributed by atoms with Crippen LogP contribution in [0, 0.1) is 5.82 Å². The number of halogens is 1. The van der Waals surface area contributed by atoms with Gasteiger partial charge >= 0.3 is 6.03 Å². The van der Waals surface area contributed by atoms with Crippen molar-refractivity contribution in [3.63, 3.8) is 0 Å². The summed E-state index contributed by atoms with van der Waals surface area (Å²) in [5, 5.41) is 2.36. The molecule has 0 aromatic heterocycles. The van der Waals surface area contributed by atoms with Crippen LogP contribution in [-0.4, -0.2) is 41.9 Å². The Balaban J connectivity index is 1.88. The Labute approximate surface area is 132 Å².